The summed E-state index contributed by atoms with van der Waals surface area (Å²) in [6.45, 7) is 6.18. The Hall–Kier alpha value is -0.940. The number of amides is 1. The van der Waals surface area contributed by atoms with Crippen LogP contribution in [0.4, 0.5) is 0 Å². The Morgan fingerprint density at radius 2 is 2.28 bits per heavy atom. The zero-order valence-electron chi connectivity index (χ0n) is 11.3. The van der Waals surface area contributed by atoms with Crippen LogP contribution in [0.15, 0.2) is 5.38 Å². The fraction of sp³-hybridized carbons (Fsp3) is 0.692. The number of hydrogen-bond donors (Lipinski definition) is 2. The van der Waals surface area contributed by atoms with E-state index in [2.05, 4.69) is 24.1 Å². The van der Waals surface area contributed by atoms with Gasteiger partial charge in [0.2, 0.25) is 5.91 Å². The Bertz CT molecular complexity index is 377. The summed E-state index contributed by atoms with van der Waals surface area (Å²) in [6, 6.07) is -0.151. The summed E-state index contributed by atoms with van der Waals surface area (Å²) in [5, 5.41) is 15.0. The van der Waals surface area contributed by atoms with E-state index in [1.54, 1.807) is 11.3 Å². The maximum Gasteiger partial charge on any atom is 0.226 e. The second kappa shape index (κ2) is 7.48. The molecule has 18 heavy (non-hydrogen) atoms. The zero-order chi connectivity index (χ0) is 13.5. The number of aryl methyl sites for hydroxylation is 1. The Morgan fingerprint density at radius 1 is 1.56 bits per heavy atom. The molecule has 1 atom stereocenters. The number of nitrogens with zero attached hydrogens (tertiary/aromatic N) is 1. The number of thiazole rings is 1. The molecule has 1 rings (SSSR count). The van der Waals surface area contributed by atoms with E-state index in [1.807, 2.05) is 12.3 Å². The minimum Gasteiger partial charge on any atom is -0.394 e. The van der Waals surface area contributed by atoms with Crippen LogP contribution in [0.25, 0.3) is 0 Å². The van der Waals surface area contributed by atoms with Crippen molar-refractivity contribution in [1.82, 2.24) is 10.3 Å². The quantitative estimate of drug-likeness (QED) is 0.794. The van der Waals surface area contributed by atoms with Gasteiger partial charge in [-0.2, -0.15) is 0 Å². The standard InChI is InChI=1S/C13H22N2O2S/c1-4-13-15-11(8-18-13)6-12(17)14-10(7-16)5-9(2)3/h8-10,16H,4-7H2,1-3H3,(H,14,17). The molecule has 0 saturated heterocycles. The van der Waals surface area contributed by atoms with E-state index < -0.39 is 0 Å². The summed E-state index contributed by atoms with van der Waals surface area (Å²) >= 11 is 1.59. The lowest BCUT2D eigenvalue weighted by Crippen LogP contribution is -2.39. The highest BCUT2D eigenvalue weighted by atomic mass is 32.1. The van der Waals surface area contributed by atoms with Crippen LogP contribution in [0, 0.1) is 5.92 Å². The number of carbonyl (C=O) groups excluding carboxylic acids is 1. The van der Waals surface area contributed by atoms with Crippen molar-refractivity contribution in [1.29, 1.82) is 0 Å². The van der Waals surface area contributed by atoms with Crippen molar-refractivity contribution >= 4 is 17.2 Å². The molecule has 5 heteroatoms. The first kappa shape index (κ1) is 15.1. The van der Waals surface area contributed by atoms with E-state index in [0.717, 1.165) is 23.5 Å². The summed E-state index contributed by atoms with van der Waals surface area (Å²) < 4.78 is 0. The Labute approximate surface area is 112 Å². The first-order chi connectivity index (χ1) is 8.55. The normalized spacial score (nSPS) is 12.7. The van der Waals surface area contributed by atoms with Crippen LogP contribution in [0.2, 0.25) is 0 Å². The molecule has 0 radical (unpaired) electrons. The molecule has 0 bridgehead atoms. The number of aliphatic hydroxyl groups excluding tert-OH is 1. The number of carbonyl (C=O) groups is 1. The lowest BCUT2D eigenvalue weighted by Gasteiger charge is -2.17. The largest absolute Gasteiger partial charge is 0.394 e. The second-order valence-electron chi connectivity index (χ2n) is 4.84. The topological polar surface area (TPSA) is 62.2 Å². The highest BCUT2D eigenvalue weighted by molar-refractivity contribution is 7.09. The molecule has 1 unspecified atom stereocenters. The van der Waals surface area contributed by atoms with Crippen molar-refractivity contribution in [2.75, 3.05) is 6.61 Å². The second-order valence-corrected chi connectivity index (χ2v) is 5.78. The van der Waals surface area contributed by atoms with Crippen molar-refractivity contribution in [3.63, 3.8) is 0 Å². The molecule has 0 fully saturated rings. The molecule has 0 aliphatic rings. The number of aliphatic hydroxyl groups is 1. The molecular formula is C13H22N2O2S. The van der Waals surface area contributed by atoms with E-state index in [9.17, 15) is 9.90 Å². The molecule has 4 nitrogen and oxygen atoms in total. The minimum absolute atomic E-state index is 0.0127. The molecule has 1 heterocycles. The smallest absolute Gasteiger partial charge is 0.226 e. The summed E-state index contributed by atoms with van der Waals surface area (Å²) in [6.07, 6.45) is 1.99. The van der Waals surface area contributed by atoms with Crippen LogP contribution in [0.3, 0.4) is 0 Å². The highest BCUT2D eigenvalue weighted by Gasteiger charge is 2.14. The van der Waals surface area contributed by atoms with Crippen molar-refractivity contribution in [2.24, 2.45) is 5.92 Å². The molecule has 0 aliphatic heterocycles. The number of rotatable bonds is 7. The maximum absolute atomic E-state index is 11.8. The monoisotopic (exact) mass is 270 g/mol. The van der Waals surface area contributed by atoms with E-state index in [-0.39, 0.29) is 18.6 Å². The van der Waals surface area contributed by atoms with Crippen molar-refractivity contribution < 1.29 is 9.90 Å². The van der Waals surface area contributed by atoms with Gasteiger partial charge in [0.15, 0.2) is 0 Å². The third-order valence-corrected chi connectivity index (χ3v) is 3.63. The van der Waals surface area contributed by atoms with Gasteiger partial charge >= 0.3 is 0 Å². The molecular weight excluding hydrogens is 248 g/mol. The molecule has 0 aliphatic carbocycles. The maximum atomic E-state index is 11.8. The van der Waals surface area contributed by atoms with Gasteiger partial charge in [0.25, 0.3) is 0 Å². The molecule has 1 aromatic rings. The van der Waals surface area contributed by atoms with Gasteiger partial charge < -0.3 is 10.4 Å². The average Bonchev–Trinajstić information content (AvgIpc) is 2.75. The first-order valence-electron chi connectivity index (χ1n) is 6.38. The predicted octanol–water partition coefficient (Wildman–Crippen LogP) is 1.77. The molecule has 0 aromatic carbocycles. The van der Waals surface area contributed by atoms with Crippen LogP contribution >= 0.6 is 11.3 Å². The van der Waals surface area contributed by atoms with Gasteiger partial charge in [0, 0.05) is 5.38 Å². The van der Waals surface area contributed by atoms with Crippen molar-refractivity contribution in [3.05, 3.63) is 16.1 Å². The molecule has 1 amide bonds. The molecule has 102 valence electrons. The number of aromatic nitrogens is 1. The first-order valence-corrected chi connectivity index (χ1v) is 7.26. The highest BCUT2D eigenvalue weighted by Crippen LogP contribution is 2.11. The summed E-state index contributed by atoms with van der Waals surface area (Å²) in [4.78, 5) is 16.2. The predicted molar refractivity (Wildman–Crippen MR) is 73.7 cm³/mol. The van der Waals surface area contributed by atoms with Gasteiger partial charge in [-0.05, 0) is 18.8 Å². The lowest BCUT2D eigenvalue weighted by molar-refractivity contribution is -0.121. The Balaban J connectivity index is 2.44. The van der Waals surface area contributed by atoms with Crippen molar-refractivity contribution in [2.45, 2.75) is 46.1 Å². The fourth-order valence-electron chi connectivity index (χ4n) is 1.78. The molecule has 0 saturated carbocycles. The van der Waals surface area contributed by atoms with Gasteiger partial charge in [-0.15, -0.1) is 11.3 Å². The minimum atomic E-state index is -0.151. The molecule has 1 aromatic heterocycles. The van der Waals surface area contributed by atoms with Gasteiger partial charge in [0.1, 0.15) is 0 Å². The Kier molecular flexibility index (Phi) is 6.29. The zero-order valence-corrected chi connectivity index (χ0v) is 12.1. The average molecular weight is 270 g/mol. The number of hydrogen-bond acceptors (Lipinski definition) is 4. The van der Waals surface area contributed by atoms with E-state index in [0.29, 0.717) is 12.3 Å². The van der Waals surface area contributed by atoms with Crippen LogP contribution in [-0.2, 0) is 17.6 Å². The fourth-order valence-corrected chi connectivity index (χ4v) is 2.53. The molecule has 2 N–H and O–H groups in total. The Morgan fingerprint density at radius 3 is 2.78 bits per heavy atom. The van der Waals surface area contributed by atoms with Crippen LogP contribution in [0.1, 0.15) is 37.9 Å². The lowest BCUT2D eigenvalue weighted by atomic mass is 10.0. The van der Waals surface area contributed by atoms with Gasteiger partial charge in [-0.1, -0.05) is 20.8 Å². The summed E-state index contributed by atoms with van der Waals surface area (Å²) in [5.74, 6) is 0.385. The molecule has 0 spiro atoms. The van der Waals surface area contributed by atoms with E-state index in [4.69, 9.17) is 0 Å². The van der Waals surface area contributed by atoms with E-state index >= 15 is 0 Å². The number of nitrogens with one attached hydrogen (secondary N) is 1. The summed E-state index contributed by atoms with van der Waals surface area (Å²) in [7, 11) is 0. The van der Waals surface area contributed by atoms with Gasteiger partial charge in [-0.25, -0.2) is 4.98 Å². The van der Waals surface area contributed by atoms with Gasteiger partial charge in [0.05, 0.1) is 29.8 Å². The van der Waals surface area contributed by atoms with Crippen LogP contribution in [0.5, 0.6) is 0 Å². The van der Waals surface area contributed by atoms with E-state index in [1.165, 1.54) is 0 Å². The third kappa shape index (κ3) is 5.14. The summed E-state index contributed by atoms with van der Waals surface area (Å²) in [5.41, 5.74) is 0.815. The third-order valence-electron chi connectivity index (χ3n) is 2.58. The SMILES string of the molecule is CCc1nc(CC(=O)NC(CO)CC(C)C)cs1. The van der Waals surface area contributed by atoms with Crippen LogP contribution in [-0.4, -0.2) is 28.6 Å². The van der Waals surface area contributed by atoms with Gasteiger partial charge in [-0.3, -0.25) is 4.79 Å². The van der Waals surface area contributed by atoms with Crippen LogP contribution < -0.4 is 5.32 Å². The van der Waals surface area contributed by atoms with Crippen molar-refractivity contribution in [3.8, 4) is 0 Å².